The third-order valence-corrected chi connectivity index (χ3v) is 3.79. The van der Waals surface area contributed by atoms with E-state index in [1.807, 2.05) is 29.2 Å². The summed E-state index contributed by atoms with van der Waals surface area (Å²) in [4.78, 5) is 24.9. The van der Waals surface area contributed by atoms with E-state index >= 15 is 0 Å². The molecule has 0 radical (unpaired) electrons. The third kappa shape index (κ3) is 3.98. The first-order valence-electron chi connectivity index (χ1n) is 6.95. The number of hydrogen-bond acceptors (Lipinski definition) is 3. The number of amides is 2. The lowest BCUT2D eigenvalue weighted by molar-refractivity contribution is -0.131. The summed E-state index contributed by atoms with van der Waals surface area (Å²) in [6.07, 6.45) is 2.55. The second kappa shape index (κ2) is 6.41. The zero-order valence-corrected chi connectivity index (χ0v) is 11.5. The molecule has 0 aliphatic carbocycles. The van der Waals surface area contributed by atoms with Crippen molar-refractivity contribution in [3.63, 3.8) is 0 Å². The van der Waals surface area contributed by atoms with Crippen LogP contribution in [0.2, 0.25) is 0 Å². The highest BCUT2D eigenvalue weighted by Crippen LogP contribution is 2.20. The molecule has 1 aromatic rings. The number of anilines is 1. The predicted molar refractivity (Wildman–Crippen MR) is 77.7 cm³/mol. The number of primary amides is 1. The number of nitrogens with zero attached hydrogens (tertiary/aromatic N) is 1. The van der Waals surface area contributed by atoms with E-state index in [2.05, 4.69) is 0 Å². The minimum absolute atomic E-state index is 0.132. The van der Waals surface area contributed by atoms with Crippen molar-refractivity contribution in [3.8, 4) is 0 Å². The molecular formula is C15H21N3O2. The number of carbonyl (C=O) groups excluding carboxylic acids is 2. The maximum atomic E-state index is 12.2. The minimum Gasteiger partial charge on any atom is -0.399 e. The molecule has 0 saturated carbocycles. The Kier molecular flexibility index (Phi) is 4.61. The van der Waals surface area contributed by atoms with Crippen LogP contribution in [0.15, 0.2) is 24.3 Å². The normalized spacial score (nSPS) is 16.1. The Bertz CT molecular complexity index is 476. The molecule has 0 spiro atoms. The van der Waals surface area contributed by atoms with Crippen LogP contribution in [0, 0.1) is 5.92 Å². The number of piperidine rings is 1. The average Bonchev–Trinajstić information content (AvgIpc) is 2.41. The number of likely N-dealkylation sites (tertiary alicyclic amines) is 1. The second-order valence-electron chi connectivity index (χ2n) is 5.41. The summed E-state index contributed by atoms with van der Waals surface area (Å²) in [6, 6.07) is 7.38. The molecule has 2 amide bonds. The highest BCUT2D eigenvalue weighted by molar-refractivity contribution is 5.79. The van der Waals surface area contributed by atoms with Gasteiger partial charge in [0.2, 0.25) is 11.8 Å². The van der Waals surface area contributed by atoms with Gasteiger partial charge in [-0.15, -0.1) is 0 Å². The van der Waals surface area contributed by atoms with Gasteiger partial charge in [-0.2, -0.15) is 0 Å². The van der Waals surface area contributed by atoms with Gasteiger partial charge in [0, 0.05) is 25.2 Å². The van der Waals surface area contributed by atoms with Gasteiger partial charge in [0.15, 0.2) is 0 Å². The van der Waals surface area contributed by atoms with Gasteiger partial charge in [-0.05, 0) is 36.5 Å². The Morgan fingerprint density at radius 1 is 1.15 bits per heavy atom. The average molecular weight is 275 g/mol. The fourth-order valence-electron chi connectivity index (χ4n) is 2.59. The van der Waals surface area contributed by atoms with Gasteiger partial charge in [0.1, 0.15) is 0 Å². The number of hydrogen-bond donors (Lipinski definition) is 2. The molecule has 1 heterocycles. The standard InChI is InChI=1S/C15H21N3O2/c16-13-3-1-11(2-4-13)10-15(20)18-7-5-12(6-8-18)9-14(17)19/h1-4,12H,5-10,16H2,(H2,17,19). The van der Waals surface area contributed by atoms with Crippen LogP contribution in [0.3, 0.4) is 0 Å². The molecule has 0 atom stereocenters. The van der Waals surface area contributed by atoms with Crippen LogP contribution in [0.4, 0.5) is 5.69 Å². The van der Waals surface area contributed by atoms with E-state index in [0.717, 1.165) is 18.4 Å². The first kappa shape index (κ1) is 14.4. The fourth-order valence-corrected chi connectivity index (χ4v) is 2.59. The van der Waals surface area contributed by atoms with Crippen LogP contribution in [0.5, 0.6) is 0 Å². The lowest BCUT2D eigenvalue weighted by atomic mass is 9.93. The van der Waals surface area contributed by atoms with Crippen LogP contribution in [0.25, 0.3) is 0 Å². The first-order chi connectivity index (χ1) is 9.54. The Labute approximate surface area is 118 Å². The van der Waals surface area contributed by atoms with Crippen molar-refractivity contribution in [1.29, 1.82) is 0 Å². The molecule has 1 saturated heterocycles. The lowest BCUT2D eigenvalue weighted by Crippen LogP contribution is -2.40. The smallest absolute Gasteiger partial charge is 0.226 e. The molecule has 2 rings (SSSR count). The number of carbonyl (C=O) groups is 2. The number of rotatable bonds is 4. The molecule has 1 aliphatic heterocycles. The summed E-state index contributed by atoms with van der Waals surface area (Å²) < 4.78 is 0. The zero-order valence-electron chi connectivity index (χ0n) is 11.5. The molecule has 1 fully saturated rings. The summed E-state index contributed by atoms with van der Waals surface area (Å²) in [7, 11) is 0. The van der Waals surface area contributed by atoms with Gasteiger partial charge >= 0.3 is 0 Å². The van der Waals surface area contributed by atoms with Crippen molar-refractivity contribution in [2.24, 2.45) is 11.7 Å². The van der Waals surface area contributed by atoms with Gasteiger partial charge in [-0.25, -0.2) is 0 Å². The highest BCUT2D eigenvalue weighted by atomic mass is 16.2. The molecular weight excluding hydrogens is 254 g/mol. The van der Waals surface area contributed by atoms with E-state index in [-0.39, 0.29) is 11.8 Å². The van der Waals surface area contributed by atoms with Gasteiger partial charge < -0.3 is 16.4 Å². The van der Waals surface area contributed by atoms with Gasteiger partial charge in [0.05, 0.1) is 6.42 Å². The van der Waals surface area contributed by atoms with E-state index < -0.39 is 0 Å². The van der Waals surface area contributed by atoms with E-state index in [1.54, 1.807) is 0 Å². The largest absolute Gasteiger partial charge is 0.399 e. The van der Waals surface area contributed by atoms with Gasteiger partial charge in [0.25, 0.3) is 0 Å². The number of nitrogen functional groups attached to an aromatic ring is 1. The Morgan fingerprint density at radius 3 is 2.30 bits per heavy atom. The molecule has 4 N–H and O–H groups in total. The Morgan fingerprint density at radius 2 is 1.75 bits per heavy atom. The summed E-state index contributed by atoms with van der Waals surface area (Å²) in [6.45, 7) is 1.43. The van der Waals surface area contributed by atoms with E-state index in [9.17, 15) is 9.59 Å². The van der Waals surface area contributed by atoms with Crippen LogP contribution >= 0.6 is 0 Å². The summed E-state index contributed by atoms with van der Waals surface area (Å²) >= 11 is 0. The first-order valence-corrected chi connectivity index (χ1v) is 6.95. The molecule has 5 heteroatoms. The van der Waals surface area contributed by atoms with E-state index in [4.69, 9.17) is 11.5 Å². The van der Waals surface area contributed by atoms with Crippen molar-refractivity contribution >= 4 is 17.5 Å². The van der Waals surface area contributed by atoms with Crippen molar-refractivity contribution < 1.29 is 9.59 Å². The molecule has 0 bridgehead atoms. The SMILES string of the molecule is NC(=O)CC1CCN(C(=O)Cc2ccc(N)cc2)CC1. The monoisotopic (exact) mass is 275 g/mol. The highest BCUT2D eigenvalue weighted by Gasteiger charge is 2.23. The number of benzene rings is 1. The van der Waals surface area contributed by atoms with E-state index in [0.29, 0.717) is 37.5 Å². The maximum absolute atomic E-state index is 12.2. The molecule has 20 heavy (non-hydrogen) atoms. The summed E-state index contributed by atoms with van der Waals surface area (Å²) in [5.41, 5.74) is 12.5. The maximum Gasteiger partial charge on any atom is 0.226 e. The number of nitrogens with two attached hydrogens (primary N) is 2. The molecule has 0 aromatic heterocycles. The van der Waals surface area contributed by atoms with Crippen LogP contribution in [0.1, 0.15) is 24.8 Å². The van der Waals surface area contributed by atoms with Crippen molar-refractivity contribution in [3.05, 3.63) is 29.8 Å². The second-order valence-corrected chi connectivity index (χ2v) is 5.41. The van der Waals surface area contributed by atoms with Crippen molar-refractivity contribution in [1.82, 2.24) is 4.90 Å². The molecule has 1 aromatic carbocycles. The quantitative estimate of drug-likeness (QED) is 0.801. The Balaban J connectivity index is 1.82. The molecule has 108 valence electrons. The molecule has 5 nitrogen and oxygen atoms in total. The third-order valence-electron chi connectivity index (χ3n) is 3.79. The molecule has 0 unspecified atom stereocenters. The van der Waals surface area contributed by atoms with E-state index in [1.165, 1.54) is 0 Å². The summed E-state index contributed by atoms with van der Waals surface area (Å²) in [5, 5.41) is 0. The summed E-state index contributed by atoms with van der Waals surface area (Å²) in [5.74, 6) is 0.206. The Hall–Kier alpha value is -2.04. The predicted octanol–water partition coefficient (Wildman–Crippen LogP) is 0.925. The topological polar surface area (TPSA) is 89.4 Å². The van der Waals surface area contributed by atoms with Crippen LogP contribution < -0.4 is 11.5 Å². The fraction of sp³-hybridized carbons (Fsp3) is 0.467. The van der Waals surface area contributed by atoms with Crippen LogP contribution in [-0.4, -0.2) is 29.8 Å². The molecule has 1 aliphatic rings. The van der Waals surface area contributed by atoms with Gasteiger partial charge in [-0.3, -0.25) is 9.59 Å². The zero-order chi connectivity index (χ0) is 14.5. The lowest BCUT2D eigenvalue weighted by Gasteiger charge is -2.31. The van der Waals surface area contributed by atoms with Crippen molar-refractivity contribution in [2.75, 3.05) is 18.8 Å². The van der Waals surface area contributed by atoms with Crippen LogP contribution in [-0.2, 0) is 16.0 Å². The van der Waals surface area contributed by atoms with Gasteiger partial charge in [-0.1, -0.05) is 12.1 Å². The van der Waals surface area contributed by atoms with Crippen molar-refractivity contribution in [2.45, 2.75) is 25.7 Å². The minimum atomic E-state index is -0.253.